The highest BCUT2D eigenvalue weighted by Gasteiger charge is 2.26. The number of hydrogen-bond acceptors (Lipinski definition) is 3. The van der Waals surface area contributed by atoms with E-state index in [0.717, 1.165) is 0 Å². The maximum Gasteiger partial charge on any atom is 0.310 e. The molecule has 3 unspecified atom stereocenters. The Morgan fingerprint density at radius 3 is 2.60 bits per heavy atom. The van der Waals surface area contributed by atoms with Gasteiger partial charge in [-0.25, -0.2) is 0 Å². The lowest BCUT2D eigenvalue weighted by Gasteiger charge is -2.15. The van der Waals surface area contributed by atoms with Gasteiger partial charge >= 0.3 is 5.97 Å². The van der Waals surface area contributed by atoms with Gasteiger partial charge in [0.15, 0.2) is 0 Å². The van der Waals surface area contributed by atoms with Gasteiger partial charge in [0.25, 0.3) is 0 Å². The summed E-state index contributed by atoms with van der Waals surface area (Å²) in [6.07, 6.45) is 3.80. The number of carboxylic acid groups (broad SMARTS) is 1. The summed E-state index contributed by atoms with van der Waals surface area (Å²) in [6.45, 7) is 1.75. The molecule has 0 bridgehead atoms. The Hall–Kier alpha value is -1.36. The first kappa shape index (κ1) is 11.7. The van der Waals surface area contributed by atoms with Crippen LogP contribution in [0.2, 0.25) is 0 Å². The molecule has 0 saturated carbocycles. The first-order chi connectivity index (χ1) is 7.04. The molecule has 3 N–H and O–H groups in total. The Morgan fingerprint density at radius 2 is 2.13 bits per heavy atom. The normalized spacial score (nSPS) is 26.3. The molecule has 0 heterocycles. The van der Waals surface area contributed by atoms with Gasteiger partial charge in [-0.05, 0) is 20.4 Å². The number of carbonyl (C=O) groups is 2. The number of aliphatic carboxylic acids is 1. The van der Waals surface area contributed by atoms with E-state index in [-0.39, 0.29) is 18.0 Å². The molecule has 84 valence electrons. The molecule has 1 rings (SSSR count). The van der Waals surface area contributed by atoms with Crippen LogP contribution in [-0.2, 0) is 9.59 Å². The highest BCUT2D eigenvalue weighted by atomic mass is 16.4. The van der Waals surface area contributed by atoms with Crippen LogP contribution in [0.3, 0.4) is 0 Å². The molecule has 0 fully saturated rings. The van der Waals surface area contributed by atoms with Gasteiger partial charge in [-0.1, -0.05) is 12.2 Å². The van der Waals surface area contributed by atoms with Gasteiger partial charge < -0.3 is 15.7 Å². The largest absolute Gasteiger partial charge is 0.481 e. The lowest BCUT2D eigenvalue weighted by atomic mass is 10.1. The van der Waals surface area contributed by atoms with Crippen LogP contribution in [0.15, 0.2) is 12.2 Å². The Balaban J connectivity index is 2.40. The minimum Gasteiger partial charge on any atom is -0.481 e. The van der Waals surface area contributed by atoms with E-state index in [4.69, 9.17) is 5.11 Å². The first-order valence-electron chi connectivity index (χ1n) is 4.93. The standard InChI is InChI=1S/C10H16N2O3/c1-6(11-2)9(13)12-8-4-3-7(5-8)10(14)15/h3-4,6-8,11H,5H2,1-2H3,(H,12,13)(H,14,15). The third kappa shape index (κ3) is 3.06. The second-order valence-electron chi connectivity index (χ2n) is 3.69. The molecule has 0 aromatic heterocycles. The molecular formula is C10H16N2O3. The van der Waals surface area contributed by atoms with E-state index in [0.29, 0.717) is 6.42 Å². The minimum atomic E-state index is -0.843. The lowest BCUT2D eigenvalue weighted by molar-refractivity contribution is -0.140. The summed E-state index contributed by atoms with van der Waals surface area (Å²) in [4.78, 5) is 22.1. The van der Waals surface area contributed by atoms with E-state index in [1.807, 2.05) is 0 Å². The summed E-state index contributed by atoms with van der Waals surface area (Å²) in [7, 11) is 1.70. The van der Waals surface area contributed by atoms with Crippen molar-refractivity contribution in [1.29, 1.82) is 0 Å². The molecule has 0 aromatic carbocycles. The van der Waals surface area contributed by atoms with Crippen molar-refractivity contribution in [3.05, 3.63) is 12.2 Å². The number of nitrogens with one attached hydrogen (secondary N) is 2. The second kappa shape index (κ2) is 4.93. The molecule has 1 amide bonds. The summed E-state index contributed by atoms with van der Waals surface area (Å²) >= 11 is 0. The quantitative estimate of drug-likeness (QED) is 0.561. The van der Waals surface area contributed by atoms with E-state index in [1.54, 1.807) is 26.1 Å². The van der Waals surface area contributed by atoms with Crippen molar-refractivity contribution in [2.45, 2.75) is 25.4 Å². The highest BCUT2D eigenvalue weighted by Crippen LogP contribution is 2.17. The molecule has 5 heteroatoms. The highest BCUT2D eigenvalue weighted by molar-refractivity contribution is 5.82. The molecule has 1 aliphatic carbocycles. The fourth-order valence-electron chi connectivity index (χ4n) is 1.43. The van der Waals surface area contributed by atoms with Crippen LogP contribution in [0.25, 0.3) is 0 Å². The van der Waals surface area contributed by atoms with Crippen molar-refractivity contribution < 1.29 is 14.7 Å². The van der Waals surface area contributed by atoms with Gasteiger partial charge in [-0.15, -0.1) is 0 Å². The van der Waals surface area contributed by atoms with Gasteiger partial charge in [0.2, 0.25) is 5.91 Å². The Kier molecular flexibility index (Phi) is 3.85. The monoisotopic (exact) mass is 212 g/mol. The van der Waals surface area contributed by atoms with E-state index in [2.05, 4.69) is 10.6 Å². The number of likely N-dealkylation sites (N-methyl/N-ethyl adjacent to an activating group) is 1. The first-order valence-corrected chi connectivity index (χ1v) is 4.93. The number of amides is 1. The van der Waals surface area contributed by atoms with Gasteiger partial charge in [-0.3, -0.25) is 9.59 Å². The third-order valence-electron chi connectivity index (χ3n) is 2.55. The fourth-order valence-corrected chi connectivity index (χ4v) is 1.43. The zero-order valence-electron chi connectivity index (χ0n) is 8.86. The van der Waals surface area contributed by atoms with Gasteiger partial charge in [0, 0.05) is 6.04 Å². The summed E-state index contributed by atoms with van der Waals surface area (Å²) < 4.78 is 0. The molecule has 5 nitrogen and oxygen atoms in total. The lowest BCUT2D eigenvalue weighted by Crippen LogP contribution is -2.44. The van der Waals surface area contributed by atoms with Crippen LogP contribution in [0.5, 0.6) is 0 Å². The van der Waals surface area contributed by atoms with Crippen LogP contribution in [0.1, 0.15) is 13.3 Å². The van der Waals surface area contributed by atoms with E-state index < -0.39 is 11.9 Å². The zero-order valence-corrected chi connectivity index (χ0v) is 8.86. The fraction of sp³-hybridized carbons (Fsp3) is 0.600. The molecule has 0 aliphatic heterocycles. The molecule has 3 atom stereocenters. The molecule has 15 heavy (non-hydrogen) atoms. The third-order valence-corrected chi connectivity index (χ3v) is 2.55. The van der Waals surface area contributed by atoms with Crippen LogP contribution in [-0.4, -0.2) is 36.1 Å². The zero-order chi connectivity index (χ0) is 11.4. The molecular weight excluding hydrogens is 196 g/mol. The average molecular weight is 212 g/mol. The van der Waals surface area contributed by atoms with E-state index >= 15 is 0 Å². The second-order valence-corrected chi connectivity index (χ2v) is 3.69. The summed E-state index contributed by atoms with van der Waals surface area (Å²) in [5.41, 5.74) is 0. The van der Waals surface area contributed by atoms with Crippen molar-refractivity contribution in [3.8, 4) is 0 Å². The van der Waals surface area contributed by atoms with E-state index in [9.17, 15) is 9.59 Å². The van der Waals surface area contributed by atoms with Gasteiger partial charge in [0.05, 0.1) is 12.0 Å². The van der Waals surface area contributed by atoms with Gasteiger partial charge in [0.1, 0.15) is 0 Å². The molecule has 0 saturated heterocycles. The van der Waals surface area contributed by atoms with Crippen LogP contribution in [0.4, 0.5) is 0 Å². The molecule has 1 aliphatic rings. The van der Waals surface area contributed by atoms with Crippen LogP contribution >= 0.6 is 0 Å². The maximum absolute atomic E-state index is 11.5. The Bertz CT molecular complexity index is 288. The van der Waals surface area contributed by atoms with Crippen molar-refractivity contribution in [2.75, 3.05) is 7.05 Å². The number of carbonyl (C=O) groups excluding carboxylic acids is 1. The SMILES string of the molecule is CNC(C)C(=O)NC1C=CC(C(=O)O)C1. The Morgan fingerprint density at radius 1 is 1.47 bits per heavy atom. The van der Waals surface area contributed by atoms with Crippen LogP contribution < -0.4 is 10.6 Å². The predicted octanol–water partition coefficient (Wildman–Crippen LogP) is -0.260. The van der Waals surface area contributed by atoms with Crippen molar-refractivity contribution in [2.24, 2.45) is 5.92 Å². The molecule has 0 spiro atoms. The van der Waals surface area contributed by atoms with Crippen molar-refractivity contribution >= 4 is 11.9 Å². The van der Waals surface area contributed by atoms with Crippen LogP contribution in [0, 0.1) is 5.92 Å². The average Bonchev–Trinajstić information content (AvgIpc) is 2.65. The number of hydrogen-bond donors (Lipinski definition) is 3. The Labute approximate surface area is 88.5 Å². The van der Waals surface area contributed by atoms with Crippen molar-refractivity contribution in [1.82, 2.24) is 10.6 Å². The summed E-state index contributed by atoms with van der Waals surface area (Å²) in [5.74, 6) is -1.43. The molecule has 0 radical (unpaired) electrons. The van der Waals surface area contributed by atoms with E-state index in [1.165, 1.54) is 0 Å². The topological polar surface area (TPSA) is 78.4 Å². The minimum absolute atomic E-state index is 0.113. The predicted molar refractivity (Wildman–Crippen MR) is 55.3 cm³/mol. The number of carboxylic acids is 1. The maximum atomic E-state index is 11.5. The number of rotatable bonds is 4. The summed E-state index contributed by atoms with van der Waals surface area (Å²) in [6, 6.07) is -0.420. The van der Waals surface area contributed by atoms with Gasteiger partial charge in [-0.2, -0.15) is 0 Å². The summed E-state index contributed by atoms with van der Waals surface area (Å²) in [5, 5.41) is 14.3. The van der Waals surface area contributed by atoms with Crippen molar-refractivity contribution in [3.63, 3.8) is 0 Å². The smallest absolute Gasteiger partial charge is 0.310 e. The molecule has 0 aromatic rings.